The second-order valence-electron chi connectivity index (χ2n) is 6.03. The van der Waals surface area contributed by atoms with Gasteiger partial charge in [-0.05, 0) is 42.1 Å². The van der Waals surface area contributed by atoms with Crippen molar-refractivity contribution in [2.24, 2.45) is 4.99 Å². The van der Waals surface area contributed by atoms with E-state index in [1.165, 1.54) is 24.1 Å². The number of nitrogens with one attached hydrogen (secondary N) is 1. The molecule has 27 heavy (non-hydrogen) atoms. The highest BCUT2D eigenvalue weighted by Gasteiger charge is 2.37. The smallest absolute Gasteiger partial charge is 0.283 e. The number of carbonyl (C=O) groups is 1. The molecule has 0 unspecified atom stereocenters. The second kappa shape index (κ2) is 5.78. The van der Waals surface area contributed by atoms with Gasteiger partial charge in [0.25, 0.3) is 5.91 Å². The quantitative estimate of drug-likeness (QED) is 0.658. The number of amides is 1. The first kappa shape index (κ1) is 15.8. The zero-order chi connectivity index (χ0) is 18.5. The number of carbonyl (C=O) groups excluding carboxylic acids is 1. The Morgan fingerprint density at radius 1 is 1.07 bits per heavy atom. The fourth-order valence-electron chi connectivity index (χ4n) is 3.11. The highest BCUT2D eigenvalue weighted by Crippen LogP contribution is 2.42. The lowest BCUT2D eigenvalue weighted by molar-refractivity contribution is -0.113. The highest BCUT2D eigenvalue weighted by molar-refractivity contribution is 8.15. The number of para-hydroxylation sites is 2. The Labute approximate surface area is 157 Å². The zero-order valence-electron chi connectivity index (χ0n) is 13.8. The van der Waals surface area contributed by atoms with Crippen LogP contribution in [0.2, 0.25) is 0 Å². The minimum Gasteiger partial charge on any atom is -0.463 e. The van der Waals surface area contributed by atoms with Gasteiger partial charge in [0.15, 0.2) is 10.6 Å². The Balaban J connectivity index is 1.65. The van der Waals surface area contributed by atoms with E-state index in [1.807, 2.05) is 24.3 Å². The summed E-state index contributed by atoms with van der Waals surface area (Å²) in [6.07, 6.45) is 2.69. The van der Waals surface area contributed by atoms with Gasteiger partial charge in [0.2, 0.25) is 0 Å². The van der Waals surface area contributed by atoms with Gasteiger partial charge >= 0.3 is 0 Å². The fraction of sp³-hybridized carbons (Fsp3) is 0. The molecule has 0 spiro atoms. The third kappa shape index (κ3) is 2.36. The summed E-state index contributed by atoms with van der Waals surface area (Å²) in [5.74, 6) is -0.547. The predicted molar refractivity (Wildman–Crippen MR) is 105 cm³/mol. The van der Waals surface area contributed by atoms with Crippen LogP contribution in [0.1, 0.15) is 5.56 Å². The Hall–Kier alpha value is -3.45. The second-order valence-corrected chi connectivity index (χ2v) is 7.04. The number of hydrogen-bond acceptors (Lipinski definition) is 5. The third-order valence-corrected chi connectivity index (χ3v) is 5.43. The maximum atomic E-state index is 12.7. The molecule has 0 fully saturated rings. The number of nitrogens with zero attached hydrogens (tertiary/aromatic N) is 2. The van der Waals surface area contributed by atoms with Gasteiger partial charge in [0.05, 0.1) is 22.2 Å². The molecule has 0 saturated carbocycles. The van der Waals surface area contributed by atoms with Gasteiger partial charge in [-0.3, -0.25) is 19.9 Å². The molecule has 1 amide bonds. The molecular formula is C20H11N3O3S. The van der Waals surface area contributed by atoms with Crippen LogP contribution in [0.3, 0.4) is 0 Å². The van der Waals surface area contributed by atoms with E-state index in [0.717, 1.165) is 10.6 Å². The van der Waals surface area contributed by atoms with Gasteiger partial charge in [-0.25, -0.2) is 0 Å². The molecule has 2 aliphatic rings. The number of aliphatic imine (C=N–C) groups is 1. The van der Waals surface area contributed by atoms with Gasteiger partial charge in [0.1, 0.15) is 17.7 Å². The van der Waals surface area contributed by atoms with Crippen LogP contribution in [-0.2, 0) is 4.79 Å². The van der Waals surface area contributed by atoms with E-state index in [2.05, 4.69) is 4.99 Å². The lowest BCUT2D eigenvalue weighted by Crippen LogP contribution is -2.39. The molecule has 3 heterocycles. The normalized spacial score (nSPS) is 17.3. The molecule has 3 aromatic rings. The van der Waals surface area contributed by atoms with Crippen LogP contribution in [0.15, 0.2) is 79.5 Å². The minimum atomic E-state index is -0.542. The fourth-order valence-corrected chi connectivity index (χ4v) is 4.13. The topological polar surface area (TPSA) is 86.7 Å². The summed E-state index contributed by atoms with van der Waals surface area (Å²) in [7, 11) is 0. The predicted octanol–water partition coefficient (Wildman–Crippen LogP) is 3.66. The molecule has 1 N–H and O–H groups in total. The maximum Gasteiger partial charge on any atom is 0.283 e. The lowest BCUT2D eigenvalue weighted by atomic mass is 10.1. The van der Waals surface area contributed by atoms with Crippen LogP contribution in [0.4, 0.5) is 5.69 Å². The lowest BCUT2D eigenvalue weighted by Gasteiger charge is -2.24. The Morgan fingerprint density at radius 3 is 2.74 bits per heavy atom. The number of rotatable bonds is 1. The number of amidine groups is 2. The monoisotopic (exact) mass is 373 g/mol. The van der Waals surface area contributed by atoms with Crippen LogP contribution in [0.25, 0.3) is 17.0 Å². The average Bonchev–Trinajstić information content (AvgIpc) is 3.05. The van der Waals surface area contributed by atoms with Crippen molar-refractivity contribution in [2.75, 3.05) is 4.90 Å². The first-order chi connectivity index (χ1) is 13.1. The van der Waals surface area contributed by atoms with Crippen molar-refractivity contribution in [3.05, 3.63) is 76.2 Å². The zero-order valence-corrected chi connectivity index (χ0v) is 14.6. The van der Waals surface area contributed by atoms with Crippen molar-refractivity contribution in [1.82, 2.24) is 0 Å². The van der Waals surface area contributed by atoms with Gasteiger partial charge in [-0.15, -0.1) is 0 Å². The Bertz CT molecular complexity index is 1270. The Kier molecular flexibility index (Phi) is 3.38. The number of thioether (sulfide) groups is 1. The molecule has 0 atom stereocenters. The number of benzene rings is 2. The first-order valence-electron chi connectivity index (χ1n) is 8.15. The summed E-state index contributed by atoms with van der Waals surface area (Å²) in [6.45, 7) is 0. The van der Waals surface area contributed by atoms with E-state index in [1.54, 1.807) is 29.2 Å². The highest BCUT2D eigenvalue weighted by atomic mass is 32.2. The van der Waals surface area contributed by atoms with Crippen LogP contribution in [0, 0.1) is 5.41 Å². The molecule has 0 bridgehead atoms. The largest absolute Gasteiger partial charge is 0.463 e. The van der Waals surface area contributed by atoms with Crippen LogP contribution < -0.4 is 10.3 Å². The van der Waals surface area contributed by atoms with Crippen molar-refractivity contribution in [1.29, 1.82) is 5.41 Å². The van der Waals surface area contributed by atoms with Gasteiger partial charge in [0, 0.05) is 4.90 Å². The third-order valence-electron chi connectivity index (χ3n) is 4.41. The van der Waals surface area contributed by atoms with Crippen molar-refractivity contribution in [2.45, 2.75) is 4.90 Å². The van der Waals surface area contributed by atoms with Crippen LogP contribution in [-0.4, -0.2) is 16.9 Å². The van der Waals surface area contributed by atoms with Crippen molar-refractivity contribution in [3.63, 3.8) is 0 Å². The van der Waals surface area contributed by atoms with E-state index < -0.39 is 5.91 Å². The van der Waals surface area contributed by atoms with Crippen LogP contribution in [0.5, 0.6) is 0 Å². The summed E-state index contributed by atoms with van der Waals surface area (Å²) in [5.41, 5.74) is 1.28. The number of anilines is 1. The SMILES string of the molecule is N=C1C(=Cc2coc3ccccc3c2=O)C(=O)N=C2Sc3ccccc3N12. The van der Waals surface area contributed by atoms with Crippen molar-refractivity contribution in [3.8, 4) is 0 Å². The van der Waals surface area contributed by atoms with Crippen molar-refractivity contribution >= 4 is 51.4 Å². The van der Waals surface area contributed by atoms with E-state index in [4.69, 9.17) is 9.83 Å². The molecule has 7 heteroatoms. The Morgan fingerprint density at radius 2 is 1.85 bits per heavy atom. The number of fused-ring (bicyclic) bond motifs is 4. The molecule has 0 aliphatic carbocycles. The van der Waals surface area contributed by atoms with E-state index in [9.17, 15) is 9.59 Å². The minimum absolute atomic E-state index is 0.00462. The maximum absolute atomic E-state index is 12.7. The van der Waals surface area contributed by atoms with E-state index >= 15 is 0 Å². The summed E-state index contributed by atoms with van der Waals surface area (Å²) >= 11 is 1.35. The molecule has 1 aromatic heterocycles. The molecular weight excluding hydrogens is 362 g/mol. The molecule has 5 rings (SSSR count). The molecule has 130 valence electrons. The molecule has 6 nitrogen and oxygen atoms in total. The van der Waals surface area contributed by atoms with E-state index in [-0.39, 0.29) is 22.4 Å². The molecule has 0 saturated heterocycles. The number of hydrogen-bond donors (Lipinski definition) is 1. The summed E-state index contributed by atoms with van der Waals surface area (Å²) in [5, 5.41) is 9.40. The van der Waals surface area contributed by atoms with Crippen molar-refractivity contribution < 1.29 is 9.21 Å². The molecule has 2 aliphatic heterocycles. The van der Waals surface area contributed by atoms with Crippen LogP contribution >= 0.6 is 11.8 Å². The van der Waals surface area contributed by atoms with E-state index in [0.29, 0.717) is 16.1 Å². The standard InChI is InChI=1S/C20H11N3O3S/c21-18-13(9-11-10-26-15-7-3-1-5-12(15)17(11)24)19(25)22-20-23(18)14-6-2-4-8-16(14)27-20/h1-10,21H. The summed E-state index contributed by atoms with van der Waals surface area (Å²) in [6, 6.07) is 14.5. The summed E-state index contributed by atoms with van der Waals surface area (Å²) < 4.78 is 5.50. The van der Waals surface area contributed by atoms with Gasteiger partial charge in [-0.2, -0.15) is 4.99 Å². The molecule has 2 aromatic carbocycles. The first-order valence-corrected chi connectivity index (χ1v) is 8.96. The summed E-state index contributed by atoms with van der Waals surface area (Å²) in [4.78, 5) is 31.9. The van der Waals surface area contributed by atoms with Gasteiger partial charge < -0.3 is 4.42 Å². The average molecular weight is 373 g/mol. The van der Waals surface area contributed by atoms with Gasteiger partial charge in [-0.1, -0.05) is 24.3 Å². The molecule has 0 radical (unpaired) electrons.